The molecule has 1 aliphatic heterocycles. The zero-order chi connectivity index (χ0) is 21.1. The molecular weight excluding hydrogens is 379 g/mol. The summed E-state index contributed by atoms with van der Waals surface area (Å²) in [5.41, 5.74) is -2.34. The van der Waals surface area contributed by atoms with E-state index >= 15 is 0 Å². The third kappa shape index (κ3) is 5.74. The molecule has 0 unspecified atom stereocenters. The van der Waals surface area contributed by atoms with E-state index in [2.05, 4.69) is 15.0 Å². The fourth-order valence-electron chi connectivity index (χ4n) is 2.78. The molecule has 0 aliphatic carbocycles. The Balaban J connectivity index is 2.03. The van der Waals surface area contributed by atoms with Gasteiger partial charge < -0.3 is 19.7 Å². The van der Waals surface area contributed by atoms with Crippen LogP contribution in [-0.4, -0.2) is 53.8 Å². The summed E-state index contributed by atoms with van der Waals surface area (Å²) in [6.07, 6.45) is -3.22. The van der Waals surface area contributed by atoms with Crippen LogP contribution in [-0.2, 0) is 15.7 Å². The molecule has 1 aromatic heterocycles. The number of nitrogens with zero attached hydrogens (tertiary/aromatic N) is 2. The van der Waals surface area contributed by atoms with Gasteiger partial charge in [-0.2, -0.15) is 13.2 Å². The van der Waals surface area contributed by atoms with Crippen molar-refractivity contribution in [3.63, 3.8) is 0 Å². The standard InChI is InChI=1S/C18H24F3N3O4/c1-17(2,3)28-16(26)24-7-5-11(6-8-24)23-14-9-13(18(19,20)21)12(10-22-14)15(25)27-4/h9-11H,5-8H2,1-4H3,(H,22,23). The number of hydrogen-bond acceptors (Lipinski definition) is 6. The number of carbonyl (C=O) groups excluding carboxylic acids is 2. The van der Waals surface area contributed by atoms with Crippen molar-refractivity contribution in [1.82, 2.24) is 9.88 Å². The molecule has 0 saturated carbocycles. The Kier molecular flexibility index (Phi) is 6.41. The number of ether oxygens (including phenoxy) is 2. The highest BCUT2D eigenvalue weighted by Gasteiger charge is 2.36. The summed E-state index contributed by atoms with van der Waals surface area (Å²) in [5, 5.41) is 2.94. The average Bonchev–Trinajstić information content (AvgIpc) is 2.59. The van der Waals surface area contributed by atoms with Gasteiger partial charge in [-0.15, -0.1) is 0 Å². The number of pyridine rings is 1. The first-order valence-corrected chi connectivity index (χ1v) is 8.80. The number of amides is 1. The van der Waals surface area contributed by atoms with Crippen molar-refractivity contribution in [3.05, 3.63) is 23.4 Å². The number of rotatable bonds is 3. The molecule has 7 nitrogen and oxygen atoms in total. The number of piperidine rings is 1. The summed E-state index contributed by atoms with van der Waals surface area (Å²) in [4.78, 5) is 29.1. The number of nitrogens with one attached hydrogen (secondary N) is 1. The molecule has 0 spiro atoms. The summed E-state index contributed by atoms with van der Waals surface area (Å²) in [7, 11) is 1.01. The quantitative estimate of drug-likeness (QED) is 0.776. The normalized spacial score (nSPS) is 15.9. The minimum atomic E-state index is -4.72. The van der Waals surface area contributed by atoms with Crippen molar-refractivity contribution in [1.29, 1.82) is 0 Å². The van der Waals surface area contributed by atoms with Crippen molar-refractivity contribution in [3.8, 4) is 0 Å². The van der Waals surface area contributed by atoms with Crippen molar-refractivity contribution < 1.29 is 32.2 Å². The van der Waals surface area contributed by atoms with Crippen LogP contribution in [0.1, 0.15) is 49.5 Å². The Labute approximate surface area is 161 Å². The van der Waals surface area contributed by atoms with Crippen LogP contribution in [0.4, 0.5) is 23.8 Å². The van der Waals surface area contributed by atoms with Gasteiger partial charge in [0.1, 0.15) is 11.4 Å². The van der Waals surface area contributed by atoms with Gasteiger partial charge in [-0.05, 0) is 39.7 Å². The van der Waals surface area contributed by atoms with Gasteiger partial charge in [0.15, 0.2) is 0 Å². The molecule has 0 radical (unpaired) electrons. The molecule has 1 aromatic rings. The van der Waals surface area contributed by atoms with E-state index in [0.717, 1.165) is 19.4 Å². The summed E-state index contributed by atoms with van der Waals surface area (Å²) in [6, 6.07) is 0.642. The van der Waals surface area contributed by atoms with E-state index in [1.165, 1.54) is 0 Å². The highest BCUT2D eigenvalue weighted by atomic mass is 19.4. The monoisotopic (exact) mass is 403 g/mol. The Morgan fingerprint density at radius 1 is 1.21 bits per heavy atom. The lowest BCUT2D eigenvalue weighted by Gasteiger charge is -2.34. The van der Waals surface area contributed by atoms with Gasteiger partial charge in [-0.1, -0.05) is 0 Å². The molecule has 1 amide bonds. The van der Waals surface area contributed by atoms with Crippen LogP contribution in [0.2, 0.25) is 0 Å². The summed E-state index contributed by atoms with van der Waals surface area (Å²) >= 11 is 0. The number of esters is 1. The molecule has 1 N–H and O–H groups in total. The van der Waals surface area contributed by atoms with Gasteiger partial charge in [0.25, 0.3) is 0 Å². The summed E-state index contributed by atoms with van der Waals surface area (Å²) in [6.45, 7) is 6.17. The number of methoxy groups -OCH3 is 1. The molecule has 2 rings (SSSR count). The topological polar surface area (TPSA) is 80.8 Å². The summed E-state index contributed by atoms with van der Waals surface area (Å²) in [5.74, 6) is -1.09. The maximum Gasteiger partial charge on any atom is 0.417 e. The van der Waals surface area contributed by atoms with E-state index < -0.39 is 35.0 Å². The lowest BCUT2D eigenvalue weighted by atomic mass is 10.0. The van der Waals surface area contributed by atoms with Crippen LogP contribution in [0, 0.1) is 0 Å². The van der Waals surface area contributed by atoms with Crippen molar-refractivity contribution in [2.24, 2.45) is 0 Å². The zero-order valence-electron chi connectivity index (χ0n) is 16.2. The van der Waals surface area contributed by atoms with Crippen LogP contribution >= 0.6 is 0 Å². The molecule has 156 valence electrons. The van der Waals surface area contributed by atoms with E-state index in [-0.39, 0.29) is 11.9 Å². The maximum atomic E-state index is 13.3. The third-order valence-corrected chi connectivity index (χ3v) is 4.11. The van der Waals surface area contributed by atoms with Crippen molar-refractivity contribution in [2.75, 3.05) is 25.5 Å². The number of hydrogen-bond donors (Lipinski definition) is 1. The lowest BCUT2D eigenvalue weighted by molar-refractivity contribution is -0.138. The predicted octanol–water partition coefficient (Wildman–Crippen LogP) is 3.70. The van der Waals surface area contributed by atoms with E-state index in [1.54, 1.807) is 25.7 Å². The molecule has 1 aliphatic rings. The maximum absolute atomic E-state index is 13.3. The number of anilines is 1. The highest BCUT2D eigenvalue weighted by Crippen LogP contribution is 2.33. The average molecular weight is 403 g/mol. The van der Waals surface area contributed by atoms with Crippen molar-refractivity contribution in [2.45, 2.75) is 51.4 Å². The van der Waals surface area contributed by atoms with Crippen molar-refractivity contribution >= 4 is 17.9 Å². The van der Waals surface area contributed by atoms with E-state index in [9.17, 15) is 22.8 Å². The number of aromatic nitrogens is 1. The Morgan fingerprint density at radius 2 is 1.82 bits per heavy atom. The zero-order valence-corrected chi connectivity index (χ0v) is 16.2. The molecule has 1 fully saturated rings. The smallest absolute Gasteiger partial charge is 0.417 e. The molecule has 28 heavy (non-hydrogen) atoms. The Hall–Kier alpha value is -2.52. The molecule has 0 bridgehead atoms. The second-order valence-electron chi connectivity index (χ2n) is 7.49. The fourth-order valence-corrected chi connectivity index (χ4v) is 2.78. The first kappa shape index (κ1) is 21.8. The van der Waals surface area contributed by atoms with E-state index in [0.29, 0.717) is 25.9 Å². The first-order chi connectivity index (χ1) is 12.9. The number of halogens is 3. The Bertz CT molecular complexity index is 724. The molecule has 0 atom stereocenters. The minimum Gasteiger partial charge on any atom is -0.465 e. The number of likely N-dealkylation sites (tertiary alicyclic amines) is 1. The van der Waals surface area contributed by atoms with Crippen LogP contribution in [0.15, 0.2) is 12.3 Å². The molecule has 0 aromatic carbocycles. The van der Waals surface area contributed by atoms with Gasteiger partial charge in [-0.25, -0.2) is 14.6 Å². The second-order valence-corrected chi connectivity index (χ2v) is 7.49. The largest absolute Gasteiger partial charge is 0.465 e. The second kappa shape index (κ2) is 8.24. The lowest BCUT2D eigenvalue weighted by Crippen LogP contribution is -2.44. The van der Waals surface area contributed by atoms with Crippen LogP contribution in [0.5, 0.6) is 0 Å². The Morgan fingerprint density at radius 3 is 2.32 bits per heavy atom. The van der Waals surface area contributed by atoms with Gasteiger partial charge in [0, 0.05) is 25.3 Å². The number of alkyl halides is 3. The SMILES string of the molecule is COC(=O)c1cnc(NC2CCN(C(=O)OC(C)(C)C)CC2)cc1C(F)(F)F. The van der Waals surface area contributed by atoms with E-state index in [1.807, 2.05) is 0 Å². The molecule has 1 saturated heterocycles. The first-order valence-electron chi connectivity index (χ1n) is 8.80. The minimum absolute atomic E-state index is 0.00990. The summed E-state index contributed by atoms with van der Waals surface area (Å²) < 4.78 is 49.5. The number of carbonyl (C=O) groups is 2. The predicted molar refractivity (Wildman–Crippen MR) is 95.0 cm³/mol. The van der Waals surface area contributed by atoms with Gasteiger partial charge in [-0.3, -0.25) is 0 Å². The molecule has 10 heteroatoms. The van der Waals surface area contributed by atoms with Crippen LogP contribution in [0.25, 0.3) is 0 Å². The van der Waals surface area contributed by atoms with Crippen LogP contribution in [0.3, 0.4) is 0 Å². The van der Waals surface area contributed by atoms with Gasteiger partial charge >= 0.3 is 18.2 Å². The molecular formula is C18H24F3N3O4. The van der Waals surface area contributed by atoms with E-state index in [4.69, 9.17) is 4.74 Å². The fraction of sp³-hybridized carbons (Fsp3) is 0.611. The molecule has 2 heterocycles. The van der Waals surface area contributed by atoms with Crippen LogP contribution < -0.4 is 5.32 Å². The highest BCUT2D eigenvalue weighted by molar-refractivity contribution is 5.91. The van der Waals surface area contributed by atoms with Gasteiger partial charge in [0.2, 0.25) is 0 Å². The van der Waals surface area contributed by atoms with Gasteiger partial charge in [0.05, 0.1) is 18.2 Å². The third-order valence-electron chi connectivity index (χ3n) is 4.11.